The summed E-state index contributed by atoms with van der Waals surface area (Å²) in [5, 5.41) is 2.73. The molecule has 2 aliphatic heterocycles. The van der Waals surface area contributed by atoms with Crippen molar-refractivity contribution < 1.29 is 33.0 Å². The van der Waals surface area contributed by atoms with Gasteiger partial charge in [-0.05, 0) is 42.7 Å². The largest absolute Gasteiger partial charge is 0.472 e. The molecule has 2 aromatic rings. The van der Waals surface area contributed by atoms with E-state index in [0.717, 1.165) is 22.3 Å². The summed E-state index contributed by atoms with van der Waals surface area (Å²) in [6, 6.07) is 10.8. The fourth-order valence-electron chi connectivity index (χ4n) is 5.74. The van der Waals surface area contributed by atoms with E-state index in [0.29, 0.717) is 24.1 Å². The molecule has 3 heterocycles. The quantitative estimate of drug-likeness (QED) is 0.512. The third-order valence-corrected chi connectivity index (χ3v) is 7.39. The van der Waals surface area contributed by atoms with Crippen molar-refractivity contribution in [1.29, 1.82) is 0 Å². The Balaban J connectivity index is 1.36. The highest BCUT2D eigenvalue weighted by molar-refractivity contribution is 5.97. The van der Waals surface area contributed by atoms with E-state index in [4.69, 9.17) is 18.6 Å². The second-order valence-corrected chi connectivity index (χ2v) is 9.27. The molecule has 1 N–H and O–H groups in total. The van der Waals surface area contributed by atoms with Gasteiger partial charge in [-0.15, -0.1) is 0 Å². The molecule has 1 aromatic carbocycles. The second-order valence-electron chi connectivity index (χ2n) is 9.27. The molecule has 8 nitrogen and oxygen atoms in total. The monoisotopic (exact) mass is 473 g/mol. The van der Waals surface area contributed by atoms with Crippen molar-refractivity contribution in [2.45, 2.75) is 32.0 Å². The van der Waals surface area contributed by atoms with Crippen LogP contribution in [0.15, 0.2) is 87.8 Å². The Bertz CT molecular complexity index is 1300. The summed E-state index contributed by atoms with van der Waals surface area (Å²) in [5.74, 6) is -1.27. The Hall–Kier alpha value is -4.07. The fraction of sp³-hybridized carbons (Fsp3) is 0.296. The third-order valence-electron chi connectivity index (χ3n) is 7.39. The average Bonchev–Trinajstić information content (AvgIpc) is 3.55. The minimum atomic E-state index is -0.692. The first-order chi connectivity index (χ1) is 17.0. The summed E-state index contributed by atoms with van der Waals surface area (Å²) in [7, 11) is 0. The van der Waals surface area contributed by atoms with Crippen LogP contribution in [-0.2, 0) is 23.8 Å². The van der Waals surface area contributed by atoms with Gasteiger partial charge in [0.1, 0.15) is 12.7 Å². The van der Waals surface area contributed by atoms with Gasteiger partial charge in [-0.2, -0.15) is 0 Å². The molecule has 0 radical (unpaired) electrons. The number of esters is 2. The number of rotatable bonds is 3. The van der Waals surface area contributed by atoms with Crippen molar-refractivity contribution in [1.82, 2.24) is 0 Å². The molecule has 2 fully saturated rings. The van der Waals surface area contributed by atoms with Crippen LogP contribution in [-0.4, -0.2) is 30.7 Å². The van der Waals surface area contributed by atoms with E-state index in [9.17, 15) is 14.4 Å². The zero-order chi connectivity index (χ0) is 24.2. The number of para-hydroxylation sites is 1. The van der Waals surface area contributed by atoms with Gasteiger partial charge in [-0.1, -0.05) is 30.4 Å². The lowest BCUT2D eigenvalue weighted by molar-refractivity contribution is -0.142. The van der Waals surface area contributed by atoms with Crippen LogP contribution in [0.25, 0.3) is 0 Å². The van der Waals surface area contributed by atoms with Gasteiger partial charge in [0.2, 0.25) is 0 Å². The summed E-state index contributed by atoms with van der Waals surface area (Å²) < 4.78 is 22.2. The Morgan fingerprint density at radius 3 is 2.77 bits per heavy atom. The molecule has 1 spiro atoms. The van der Waals surface area contributed by atoms with Crippen LogP contribution in [0.1, 0.15) is 31.4 Å². The van der Waals surface area contributed by atoms with Gasteiger partial charge in [0.05, 0.1) is 29.4 Å². The Morgan fingerprint density at radius 2 is 2.00 bits per heavy atom. The Morgan fingerprint density at radius 1 is 1.17 bits per heavy atom. The number of benzene rings is 1. The predicted molar refractivity (Wildman–Crippen MR) is 123 cm³/mol. The van der Waals surface area contributed by atoms with Gasteiger partial charge in [-0.3, -0.25) is 10.1 Å². The van der Waals surface area contributed by atoms with Crippen molar-refractivity contribution in [2.75, 3.05) is 11.9 Å². The number of carbonyl (C=O) groups excluding carboxylic acids is 3. The van der Waals surface area contributed by atoms with E-state index in [1.54, 1.807) is 30.5 Å². The minimum absolute atomic E-state index is 0.189. The molecule has 1 aromatic heterocycles. The molecule has 2 aliphatic carbocycles. The first kappa shape index (κ1) is 21.5. The van der Waals surface area contributed by atoms with Crippen molar-refractivity contribution in [3.8, 4) is 0 Å². The molecule has 8 heteroatoms. The van der Waals surface area contributed by atoms with E-state index in [1.807, 2.05) is 31.2 Å². The SMILES string of the molecule is CC1=C2C[C@@H](OC(=O)Nc3ccccc3)C[C@H]3C(=O)OC[C@@]23C=CC2=C1[C@H](c1ccoc1)OC2=O. The summed E-state index contributed by atoms with van der Waals surface area (Å²) in [4.78, 5) is 38.2. The number of hydrogen-bond acceptors (Lipinski definition) is 7. The van der Waals surface area contributed by atoms with Gasteiger partial charge in [0.15, 0.2) is 6.10 Å². The summed E-state index contributed by atoms with van der Waals surface area (Å²) in [5.41, 5.74) is 3.63. The van der Waals surface area contributed by atoms with Gasteiger partial charge in [-0.25, -0.2) is 9.59 Å². The zero-order valence-electron chi connectivity index (χ0n) is 19.0. The van der Waals surface area contributed by atoms with Crippen molar-refractivity contribution in [2.24, 2.45) is 11.3 Å². The van der Waals surface area contributed by atoms with Gasteiger partial charge in [0.25, 0.3) is 0 Å². The predicted octanol–water partition coefficient (Wildman–Crippen LogP) is 4.63. The molecule has 1 saturated heterocycles. The maximum absolute atomic E-state index is 12.8. The van der Waals surface area contributed by atoms with E-state index < -0.39 is 35.6 Å². The smallest absolute Gasteiger partial charge is 0.411 e. The number of ether oxygens (including phenoxy) is 3. The summed E-state index contributed by atoms with van der Waals surface area (Å²) in [6.45, 7) is 2.12. The standard InChI is InChI=1S/C27H23NO7/c1-15-20-11-18(34-26(31)28-17-5-3-2-4-6-17)12-21-25(30)33-14-27(20,21)9-7-19-22(15)23(35-24(19)29)16-8-10-32-13-16/h2-10,13,18,21,23H,11-12,14H2,1H3,(H,28,31)/t18-,21+,23+,27+/m1/s1. The fourth-order valence-corrected chi connectivity index (χ4v) is 5.74. The van der Waals surface area contributed by atoms with Crippen LogP contribution < -0.4 is 5.32 Å². The van der Waals surface area contributed by atoms with Gasteiger partial charge >= 0.3 is 18.0 Å². The van der Waals surface area contributed by atoms with Crippen LogP contribution in [0.4, 0.5) is 10.5 Å². The van der Waals surface area contributed by atoms with E-state index in [2.05, 4.69) is 5.32 Å². The molecule has 178 valence electrons. The number of furan rings is 1. The minimum Gasteiger partial charge on any atom is -0.472 e. The maximum Gasteiger partial charge on any atom is 0.411 e. The first-order valence-corrected chi connectivity index (χ1v) is 11.5. The van der Waals surface area contributed by atoms with Crippen molar-refractivity contribution in [3.05, 3.63) is 88.9 Å². The number of anilines is 1. The molecule has 4 aliphatic rings. The number of carbonyl (C=O) groups is 3. The van der Waals surface area contributed by atoms with E-state index >= 15 is 0 Å². The summed E-state index contributed by atoms with van der Waals surface area (Å²) in [6.07, 6.45) is 5.77. The highest BCUT2D eigenvalue weighted by atomic mass is 16.6. The van der Waals surface area contributed by atoms with Crippen molar-refractivity contribution >= 4 is 23.7 Å². The topological polar surface area (TPSA) is 104 Å². The number of cyclic esters (lactones) is 2. The van der Waals surface area contributed by atoms with E-state index in [1.165, 1.54) is 6.26 Å². The van der Waals surface area contributed by atoms with Gasteiger partial charge < -0.3 is 18.6 Å². The molecule has 1 saturated carbocycles. The van der Waals surface area contributed by atoms with Crippen LogP contribution in [0, 0.1) is 11.3 Å². The van der Waals surface area contributed by atoms with Crippen LogP contribution in [0.3, 0.4) is 0 Å². The molecular weight excluding hydrogens is 450 g/mol. The number of amides is 1. The molecule has 35 heavy (non-hydrogen) atoms. The lowest BCUT2D eigenvalue weighted by atomic mass is 9.62. The Labute approximate surface area is 201 Å². The lowest BCUT2D eigenvalue weighted by Gasteiger charge is -2.40. The molecule has 6 rings (SSSR count). The maximum atomic E-state index is 12.8. The normalized spacial score (nSPS) is 29.1. The Kier molecular flexibility index (Phi) is 4.91. The van der Waals surface area contributed by atoms with Gasteiger partial charge in [0, 0.05) is 23.2 Å². The molecule has 0 bridgehead atoms. The zero-order valence-corrected chi connectivity index (χ0v) is 19.0. The lowest BCUT2D eigenvalue weighted by Crippen LogP contribution is -2.42. The molecule has 1 amide bonds. The van der Waals surface area contributed by atoms with Crippen molar-refractivity contribution in [3.63, 3.8) is 0 Å². The molecule has 0 unspecified atom stereocenters. The van der Waals surface area contributed by atoms with Crippen LogP contribution >= 0.6 is 0 Å². The molecule has 4 atom stereocenters. The third kappa shape index (κ3) is 3.39. The second kappa shape index (κ2) is 8.01. The van der Waals surface area contributed by atoms with Crippen LogP contribution in [0.2, 0.25) is 0 Å². The summed E-state index contributed by atoms with van der Waals surface area (Å²) >= 11 is 0. The highest BCUT2D eigenvalue weighted by Gasteiger charge is 2.57. The number of hydrogen-bond donors (Lipinski definition) is 1. The number of nitrogens with one attached hydrogen (secondary N) is 1. The highest BCUT2D eigenvalue weighted by Crippen LogP contribution is 2.56. The van der Waals surface area contributed by atoms with Crippen LogP contribution in [0.5, 0.6) is 0 Å². The first-order valence-electron chi connectivity index (χ1n) is 11.5. The average molecular weight is 473 g/mol. The molecular formula is C27H23NO7. The van der Waals surface area contributed by atoms with E-state index in [-0.39, 0.29) is 12.6 Å².